The van der Waals surface area contributed by atoms with Crippen LogP contribution in [-0.2, 0) is 4.79 Å². The number of rotatable bonds is 2. The van der Waals surface area contributed by atoms with Gasteiger partial charge in [0.05, 0.1) is 11.7 Å². The molecule has 3 aliphatic rings. The Kier molecular flexibility index (Phi) is 2.35. The molecule has 1 heterocycles. The minimum absolute atomic E-state index is 0.132. The van der Waals surface area contributed by atoms with Crippen molar-refractivity contribution in [2.45, 2.75) is 77.0 Å². The van der Waals surface area contributed by atoms with E-state index in [2.05, 4.69) is 31.0 Å². The Balaban J connectivity index is 1.79. The zero-order valence-corrected chi connectivity index (χ0v) is 11.3. The fraction of sp³-hybridized carbons (Fsp3) is 0.929. The molecule has 3 nitrogen and oxygen atoms in total. The van der Waals surface area contributed by atoms with Crippen LogP contribution in [0.5, 0.6) is 0 Å². The fourth-order valence-electron chi connectivity index (χ4n) is 3.68. The first-order valence-corrected chi connectivity index (χ1v) is 7.08. The van der Waals surface area contributed by atoms with Gasteiger partial charge in [0.1, 0.15) is 0 Å². The monoisotopic (exact) mass is 236 g/mol. The molecule has 1 aliphatic heterocycles. The topological polar surface area (TPSA) is 32.3 Å². The van der Waals surface area contributed by atoms with Gasteiger partial charge in [0, 0.05) is 6.04 Å². The van der Waals surface area contributed by atoms with Crippen molar-refractivity contribution in [1.29, 1.82) is 0 Å². The van der Waals surface area contributed by atoms with E-state index in [1.807, 2.05) is 0 Å². The van der Waals surface area contributed by atoms with E-state index in [9.17, 15) is 4.79 Å². The summed E-state index contributed by atoms with van der Waals surface area (Å²) in [5.41, 5.74) is 0.288. The second kappa shape index (κ2) is 3.47. The number of hydrogen-bond donors (Lipinski definition) is 1. The molecule has 3 fully saturated rings. The van der Waals surface area contributed by atoms with Gasteiger partial charge in [-0.1, -0.05) is 20.8 Å². The molecule has 1 saturated heterocycles. The summed E-state index contributed by atoms with van der Waals surface area (Å²) < 4.78 is 0. The predicted molar refractivity (Wildman–Crippen MR) is 67.4 cm³/mol. The van der Waals surface area contributed by atoms with Gasteiger partial charge in [-0.25, -0.2) is 0 Å². The first kappa shape index (κ1) is 11.5. The minimum Gasteiger partial charge on any atom is -0.323 e. The first-order valence-electron chi connectivity index (χ1n) is 7.08. The molecule has 17 heavy (non-hydrogen) atoms. The minimum atomic E-state index is -0.132. The van der Waals surface area contributed by atoms with Crippen molar-refractivity contribution in [2.75, 3.05) is 0 Å². The van der Waals surface area contributed by atoms with Crippen LogP contribution in [0.4, 0.5) is 0 Å². The summed E-state index contributed by atoms with van der Waals surface area (Å²) >= 11 is 0. The summed E-state index contributed by atoms with van der Waals surface area (Å²) in [5, 5.41) is 3.57. The highest BCUT2D eigenvalue weighted by Gasteiger charge is 2.60. The Hall–Kier alpha value is -0.570. The average molecular weight is 236 g/mol. The number of carbonyl (C=O) groups excluding carboxylic acids is 1. The van der Waals surface area contributed by atoms with Crippen molar-refractivity contribution < 1.29 is 4.79 Å². The van der Waals surface area contributed by atoms with E-state index in [1.165, 1.54) is 19.3 Å². The Morgan fingerprint density at radius 1 is 1.35 bits per heavy atom. The molecule has 0 radical (unpaired) electrons. The van der Waals surface area contributed by atoms with Gasteiger partial charge < -0.3 is 4.90 Å². The number of hydrogen-bond acceptors (Lipinski definition) is 2. The zero-order valence-electron chi connectivity index (χ0n) is 11.3. The van der Waals surface area contributed by atoms with Gasteiger partial charge in [-0.2, -0.15) is 0 Å². The molecule has 2 atom stereocenters. The standard InChI is InChI=1S/C14H24N2O/c1-4-11-15-14(7-8-14)12(17)16(11)10-5-6-13(2,3)9-10/h10-11,15H,4-9H2,1-3H3. The molecule has 1 spiro atoms. The SMILES string of the molecule is CCC1NC2(CC2)C(=O)N1C1CCC(C)(C)C1. The highest BCUT2D eigenvalue weighted by Crippen LogP contribution is 2.47. The van der Waals surface area contributed by atoms with Crippen molar-refractivity contribution in [3.8, 4) is 0 Å². The molecule has 0 aromatic rings. The van der Waals surface area contributed by atoms with Crippen LogP contribution in [0, 0.1) is 5.41 Å². The molecule has 3 rings (SSSR count). The first-order chi connectivity index (χ1) is 7.97. The molecule has 0 aromatic carbocycles. The van der Waals surface area contributed by atoms with Gasteiger partial charge in [-0.3, -0.25) is 10.1 Å². The Labute approximate surface area is 104 Å². The molecule has 2 unspecified atom stereocenters. The van der Waals surface area contributed by atoms with Crippen molar-refractivity contribution in [1.82, 2.24) is 10.2 Å². The number of nitrogens with one attached hydrogen (secondary N) is 1. The van der Waals surface area contributed by atoms with Gasteiger partial charge in [0.25, 0.3) is 0 Å². The average Bonchev–Trinajstić information content (AvgIpc) is 2.88. The molecule has 1 amide bonds. The summed E-state index contributed by atoms with van der Waals surface area (Å²) in [6.45, 7) is 6.84. The van der Waals surface area contributed by atoms with E-state index in [1.54, 1.807) is 0 Å². The lowest BCUT2D eigenvalue weighted by atomic mass is 9.91. The Morgan fingerprint density at radius 3 is 2.53 bits per heavy atom. The second-order valence-corrected chi connectivity index (χ2v) is 6.92. The highest BCUT2D eigenvalue weighted by atomic mass is 16.2. The smallest absolute Gasteiger partial charge is 0.244 e. The lowest BCUT2D eigenvalue weighted by Gasteiger charge is -2.30. The lowest BCUT2D eigenvalue weighted by molar-refractivity contribution is -0.133. The van der Waals surface area contributed by atoms with Crippen molar-refractivity contribution >= 4 is 5.91 Å². The predicted octanol–water partition coefficient (Wildman–Crippen LogP) is 2.27. The largest absolute Gasteiger partial charge is 0.323 e. The van der Waals surface area contributed by atoms with E-state index >= 15 is 0 Å². The Bertz CT molecular complexity index is 346. The maximum atomic E-state index is 12.5. The molecular formula is C14H24N2O. The summed E-state index contributed by atoms with van der Waals surface area (Å²) in [6.07, 6.45) is 7.04. The van der Waals surface area contributed by atoms with Crippen LogP contribution in [0.2, 0.25) is 0 Å². The third kappa shape index (κ3) is 1.70. The fourth-order valence-corrected chi connectivity index (χ4v) is 3.68. The molecule has 96 valence electrons. The van der Waals surface area contributed by atoms with Gasteiger partial charge in [-0.15, -0.1) is 0 Å². The number of amides is 1. The normalized spacial score (nSPS) is 38.1. The van der Waals surface area contributed by atoms with Crippen LogP contribution in [0.25, 0.3) is 0 Å². The molecule has 1 N–H and O–H groups in total. The highest BCUT2D eigenvalue weighted by molar-refractivity contribution is 5.92. The van der Waals surface area contributed by atoms with Crippen LogP contribution in [0.1, 0.15) is 59.3 Å². The third-order valence-electron chi connectivity index (χ3n) is 4.90. The third-order valence-corrected chi connectivity index (χ3v) is 4.90. The van der Waals surface area contributed by atoms with Crippen LogP contribution >= 0.6 is 0 Å². The van der Waals surface area contributed by atoms with E-state index < -0.39 is 0 Å². The van der Waals surface area contributed by atoms with Gasteiger partial charge in [-0.05, 0) is 43.9 Å². The summed E-state index contributed by atoms with van der Waals surface area (Å²) in [4.78, 5) is 14.7. The van der Waals surface area contributed by atoms with Crippen molar-refractivity contribution in [3.05, 3.63) is 0 Å². The summed E-state index contributed by atoms with van der Waals surface area (Å²) in [5.74, 6) is 0.395. The molecule has 0 bridgehead atoms. The Morgan fingerprint density at radius 2 is 2.06 bits per heavy atom. The molecule has 2 aliphatic carbocycles. The zero-order chi connectivity index (χ0) is 12.3. The molecule has 0 aromatic heterocycles. The lowest BCUT2D eigenvalue weighted by Crippen LogP contribution is -2.43. The van der Waals surface area contributed by atoms with Crippen LogP contribution in [-0.4, -0.2) is 28.6 Å². The summed E-state index contributed by atoms with van der Waals surface area (Å²) in [7, 11) is 0. The van der Waals surface area contributed by atoms with E-state index in [4.69, 9.17) is 0 Å². The second-order valence-electron chi connectivity index (χ2n) is 6.92. The van der Waals surface area contributed by atoms with E-state index in [-0.39, 0.29) is 5.54 Å². The van der Waals surface area contributed by atoms with Crippen molar-refractivity contribution in [3.63, 3.8) is 0 Å². The van der Waals surface area contributed by atoms with Crippen molar-refractivity contribution in [2.24, 2.45) is 5.41 Å². The summed E-state index contributed by atoms with van der Waals surface area (Å²) in [6, 6.07) is 0.481. The number of carbonyl (C=O) groups is 1. The molecular weight excluding hydrogens is 212 g/mol. The maximum Gasteiger partial charge on any atom is 0.244 e. The van der Waals surface area contributed by atoms with Crippen LogP contribution in [0.3, 0.4) is 0 Å². The maximum absolute atomic E-state index is 12.5. The molecule has 2 saturated carbocycles. The van der Waals surface area contributed by atoms with Crippen LogP contribution < -0.4 is 5.32 Å². The van der Waals surface area contributed by atoms with Gasteiger partial charge in [0.2, 0.25) is 5.91 Å². The van der Waals surface area contributed by atoms with E-state index in [0.29, 0.717) is 23.5 Å². The van der Waals surface area contributed by atoms with E-state index in [0.717, 1.165) is 19.3 Å². The van der Waals surface area contributed by atoms with Gasteiger partial charge in [0.15, 0.2) is 0 Å². The quantitative estimate of drug-likeness (QED) is 0.797. The van der Waals surface area contributed by atoms with Crippen LogP contribution in [0.15, 0.2) is 0 Å². The number of nitrogens with zero attached hydrogens (tertiary/aromatic N) is 1. The van der Waals surface area contributed by atoms with Gasteiger partial charge >= 0.3 is 0 Å². The molecule has 3 heteroatoms.